The van der Waals surface area contributed by atoms with E-state index in [0.29, 0.717) is 39.6 Å². The zero-order valence-corrected chi connectivity index (χ0v) is 26.6. The average molecular weight is 634 g/mol. The average Bonchev–Trinajstić information content (AvgIpc) is 3.13. The van der Waals surface area contributed by atoms with Crippen LogP contribution in [0.1, 0.15) is 23.1 Å². The lowest BCUT2D eigenvalue weighted by Gasteiger charge is -2.29. The van der Waals surface area contributed by atoms with Gasteiger partial charge >= 0.3 is 0 Å². The summed E-state index contributed by atoms with van der Waals surface area (Å²) >= 11 is 0. The van der Waals surface area contributed by atoms with Crippen LogP contribution in [0.25, 0.3) is 11.6 Å². The number of hydrogen-bond donors (Lipinski definition) is 2. The number of anilines is 2. The number of aliphatic hydroxyl groups excluding tert-OH is 2. The van der Waals surface area contributed by atoms with Crippen LogP contribution < -0.4 is 9.64 Å². The molecule has 4 aromatic carbocycles. The third-order valence-electron chi connectivity index (χ3n) is 7.55. The van der Waals surface area contributed by atoms with Crippen LogP contribution in [0.4, 0.5) is 11.4 Å². The Bertz CT molecular complexity index is 1530. The van der Waals surface area contributed by atoms with Crippen LogP contribution in [-0.2, 0) is 14.2 Å². The minimum absolute atomic E-state index is 0.000767. The summed E-state index contributed by atoms with van der Waals surface area (Å²) in [7, 11) is 0. The molecule has 7 heteroatoms. The third-order valence-corrected chi connectivity index (χ3v) is 7.55. The summed E-state index contributed by atoms with van der Waals surface area (Å²) in [5.41, 5.74) is 7.68. The molecule has 1 atom stereocenters. The van der Waals surface area contributed by atoms with Gasteiger partial charge in [0.05, 0.1) is 52.4 Å². The Balaban J connectivity index is 1.37. The first-order chi connectivity index (χ1) is 23.2. The highest BCUT2D eigenvalue weighted by Crippen LogP contribution is 2.34. The number of benzene rings is 4. The molecule has 0 bridgehead atoms. The number of ether oxygens (including phenoxy) is 4. The van der Waals surface area contributed by atoms with E-state index in [1.807, 2.05) is 24.3 Å². The molecular formula is C40H43NO6. The van der Waals surface area contributed by atoms with Crippen LogP contribution in [0.5, 0.6) is 5.75 Å². The summed E-state index contributed by atoms with van der Waals surface area (Å²) < 4.78 is 22.4. The highest BCUT2D eigenvalue weighted by Gasteiger charge is 2.18. The van der Waals surface area contributed by atoms with E-state index >= 15 is 0 Å². The predicted molar refractivity (Wildman–Crippen MR) is 188 cm³/mol. The first-order valence-corrected chi connectivity index (χ1v) is 16.1. The van der Waals surface area contributed by atoms with Gasteiger partial charge in [-0.3, -0.25) is 0 Å². The van der Waals surface area contributed by atoms with Crippen molar-refractivity contribution in [2.24, 2.45) is 0 Å². The van der Waals surface area contributed by atoms with Crippen LogP contribution in [0.15, 0.2) is 133 Å². The Hall–Kier alpha value is -4.50. The molecule has 0 fully saturated rings. The van der Waals surface area contributed by atoms with Crippen LogP contribution in [0.3, 0.4) is 0 Å². The number of rotatable bonds is 18. The van der Waals surface area contributed by atoms with Crippen LogP contribution in [0.2, 0.25) is 0 Å². The lowest BCUT2D eigenvalue weighted by Crippen LogP contribution is -2.21. The summed E-state index contributed by atoms with van der Waals surface area (Å²) in [5, 5.41) is 17.8. The Labute approximate surface area is 277 Å². The SMILES string of the molecule is OCCOCCOc1ccc(N(C2=CCC(OCCOCCO)C=C2)c2ccc(C=C(c3ccccc3)c3ccccc3)cc2)cc1. The Morgan fingerprint density at radius 1 is 0.660 bits per heavy atom. The van der Waals surface area contributed by atoms with Gasteiger partial charge in [-0.05, 0) is 77.2 Å². The molecule has 7 nitrogen and oxygen atoms in total. The second-order valence-electron chi connectivity index (χ2n) is 10.9. The van der Waals surface area contributed by atoms with Crippen LogP contribution in [-0.4, -0.2) is 69.2 Å². The summed E-state index contributed by atoms with van der Waals surface area (Å²) in [6, 6.07) is 37.6. The largest absolute Gasteiger partial charge is 0.491 e. The van der Waals surface area contributed by atoms with Crippen LogP contribution in [0, 0.1) is 0 Å². The normalized spacial score (nSPS) is 14.0. The highest BCUT2D eigenvalue weighted by atomic mass is 16.5. The third kappa shape index (κ3) is 10.2. The van der Waals surface area contributed by atoms with E-state index in [9.17, 15) is 0 Å². The molecule has 1 aliphatic carbocycles. The van der Waals surface area contributed by atoms with Gasteiger partial charge in [0.15, 0.2) is 0 Å². The van der Waals surface area contributed by atoms with Gasteiger partial charge < -0.3 is 34.1 Å². The van der Waals surface area contributed by atoms with Gasteiger partial charge in [0.1, 0.15) is 12.4 Å². The van der Waals surface area contributed by atoms with Gasteiger partial charge in [-0.1, -0.05) is 84.9 Å². The maximum atomic E-state index is 8.90. The fourth-order valence-corrected chi connectivity index (χ4v) is 5.28. The van der Waals surface area contributed by atoms with Crippen LogP contribution >= 0.6 is 0 Å². The monoisotopic (exact) mass is 633 g/mol. The van der Waals surface area contributed by atoms with Gasteiger partial charge in [0.2, 0.25) is 0 Å². The lowest BCUT2D eigenvalue weighted by atomic mass is 9.95. The standard InChI is InChI=1S/C40H43NO6/c42-23-25-44-27-29-46-38-19-15-36(16-20-38)41(37-17-21-39(22-18-37)47-30-28-45-26-24-43)35-13-11-32(12-14-35)31-40(33-7-3-1-4-8-33)34-9-5-2-6-10-34/h1-21,31,39,42-43H,22-30H2. The first-order valence-electron chi connectivity index (χ1n) is 16.1. The Kier molecular flexibility index (Phi) is 13.4. The van der Waals surface area contributed by atoms with E-state index in [1.54, 1.807) is 0 Å². The van der Waals surface area contributed by atoms with Crippen molar-refractivity contribution in [2.75, 3.05) is 57.8 Å². The van der Waals surface area contributed by atoms with E-state index in [1.165, 1.54) is 16.7 Å². The second-order valence-corrected chi connectivity index (χ2v) is 10.9. The Morgan fingerprint density at radius 3 is 1.79 bits per heavy atom. The fraction of sp³-hybridized carbons (Fsp3) is 0.250. The molecular weight excluding hydrogens is 590 g/mol. The van der Waals surface area contributed by atoms with Gasteiger partial charge in [0, 0.05) is 17.1 Å². The summed E-state index contributed by atoms with van der Waals surface area (Å²) in [5.74, 6) is 0.751. The molecule has 1 aliphatic rings. The number of aliphatic hydroxyl groups is 2. The minimum atomic E-state index is -0.0379. The van der Waals surface area contributed by atoms with Crippen molar-refractivity contribution < 1.29 is 29.2 Å². The molecule has 0 spiro atoms. The highest BCUT2D eigenvalue weighted by molar-refractivity contribution is 5.91. The molecule has 5 rings (SSSR count). The van der Waals surface area contributed by atoms with E-state index in [2.05, 4.69) is 114 Å². The molecule has 0 radical (unpaired) electrons. The molecule has 0 aliphatic heterocycles. The molecule has 0 saturated heterocycles. The molecule has 4 aromatic rings. The van der Waals surface area contributed by atoms with Crippen molar-refractivity contribution in [1.29, 1.82) is 0 Å². The minimum Gasteiger partial charge on any atom is -0.491 e. The maximum Gasteiger partial charge on any atom is 0.119 e. The first kappa shape index (κ1) is 33.9. The smallest absolute Gasteiger partial charge is 0.119 e. The summed E-state index contributed by atoms with van der Waals surface area (Å²) in [6.07, 6.45) is 9.31. The van der Waals surface area contributed by atoms with Gasteiger partial charge in [0.25, 0.3) is 0 Å². The molecule has 47 heavy (non-hydrogen) atoms. The van der Waals surface area contributed by atoms with E-state index in [4.69, 9.17) is 29.2 Å². The van der Waals surface area contributed by atoms with Gasteiger partial charge in [-0.15, -0.1) is 0 Å². The zero-order valence-electron chi connectivity index (χ0n) is 26.6. The topological polar surface area (TPSA) is 80.6 Å². The fourth-order valence-electron chi connectivity index (χ4n) is 5.28. The number of nitrogens with zero attached hydrogens (tertiary/aromatic N) is 1. The molecule has 0 saturated carbocycles. The quantitative estimate of drug-likeness (QED) is 0.0899. The van der Waals surface area contributed by atoms with E-state index < -0.39 is 0 Å². The maximum absolute atomic E-state index is 8.90. The van der Waals surface area contributed by atoms with Crippen molar-refractivity contribution in [2.45, 2.75) is 12.5 Å². The van der Waals surface area contributed by atoms with Crippen molar-refractivity contribution >= 4 is 23.0 Å². The van der Waals surface area contributed by atoms with E-state index in [0.717, 1.165) is 34.8 Å². The van der Waals surface area contributed by atoms with Gasteiger partial charge in [-0.25, -0.2) is 0 Å². The summed E-state index contributed by atoms with van der Waals surface area (Å²) in [6.45, 7) is 2.38. The van der Waals surface area contributed by atoms with Crippen molar-refractivity contribution in [3.8, 4) is 5.75 Å². The number of hydrogen-bond acceptors (Lipinski definition) is 7. The number of allylic oxidation sites excluding steroid dienone is 1. The van der Waals surface area contributed by atoms with Crippen molar-refractivity contribution in [3.63, 3.8) is 0 Å². The van der Waals surface area contributed by atoms with Crippen molar-refractivity contribution in [3.05, 3.63) is 150 Å². The van der Waals surface area contributed by atoms with Crippen molar-refractivity contribution in [1.82, 2.24) is 0 Å². The zero-order chi connectivity index (χ0) is 32.5. The molecule has 0 amide bonds. The predicted octanol–water partition coefficient (Wildman–Crippen LogP) is 7.04. The second kappa shape index (κ2) is 18.6. The molecule has 1 unspecified atom stereocenters. The summed E-state index contributed by atoms with van der Waals surface area (Å²) in [4.78, 5) is 2.23. The molecule has 0 aromatic heterocycles. The Morgan fingerprint density at radius 2 is 1.23 bits per heavy atom. The van der Waals surface area contributed by atoms with E-state index in [-0.39, 0.29) is 19.3 Å². The molecule has 0 heterocycles. The van der Waals surface area contributed by atoms with Gasteiger partial charge in [-0.2, -0.15) is 0 Å². The lowest BCUT2D eigenvalue weighted by molar-refractivity contribution is 0.0140. The molecule has 2 N–H and O–H groups in total. The molecule has 244 valence electrons.